The van der Waals surface area contributed by atoms with Crippen LogP contribution in [-0.4, -0.2) is 11.7 Å². The molecule has 0 saturated heterocycles. The molecule has 1 aliphatic heterocycles. The predicted molar refractivity (Wildman–Crippen MR) is 92.1 cm³/mol. The van der Waals surface area contributed by atoms with Gasteiger partial charge in [-0.05, 0) is 60.7 Å². The largest absolute Gasteiger partial charge is 0.332 e. The van der Waals surface area contributed by atoms with Crippen LogP contribution in [0.15, 0.2) is 78.9 Å². The van der Waals surface area contributed by atoms with Crippen LogP contribution >= 0.6 is 0 Å². The Labute approximate surface area is 138 Å². The van der Waals surface area contributed by atoms with Crippen molar-refractivity contribution in [2.24, 2.45) is 0 Å². The van der Waals surface area contributed by atoms with Gasteiger partial charge in [0.1, 0.15) is 17.3 Å². The van der Waals surface area contributed by atoms with Gasteiger partial charge in [-0.15, -0.1) is 0 Å². The molecule has 2 nitrogen and oxygen atoms in total. The molecular formula is C20H13F2N2+. The van der Waals surface area contributed by atoms with Crippen molar-refractivity contribution >= 4 is 17.4 Å². The molecule has 24 heavy (non-hydrogen) atoms. The Hall–Kier alpha value is -3.23. The van der Waals surface area contributed by atoms with E-state index in [-0.39, 0.29) is 11.6 Å². The summed E-state index contributed by atoms with van der Waals surface area (Å²) in [6.07, 6.45) is 0. The quantitative estimate of drug-likeness (QED) is 0.672. The van der Waals surface area contributed by atoms with E-state index in [0.717, 1.165) is 28.5 Å². The molecule has 116 valence electrons. The smallest absolute Gasteiger partial charge is 0.229 e. The number of amidine groups is 2. The minimum absolute atomic E-state index is 0.285. The summed E-state index contributed by atoms with van der Waals surface area (Å²) >= 11 is 0. The number of para-hydroxylation sites is 1. The van der Waals surface area contributed by atoms with E-state index in [2.05, 4.69) is 4.67 Å². The highest BCUT2D eigenvalue weighted by atomic mass is 19.1. The molecule has 0 fully saturated rings. The Morgan fingerprint density at radius 3 is 1.50 bits per heavy atom. The highest BCUT2D eigenvalue weighted by Crippen LogP contribution is 2.23. The van der Waals surface area contributed by atoms with Crippen LogP contribution in [0.25, 0.3) is 0 Å². The lowest BCUT2D eigenvalue weighted by molar-refractivity contribution is 0.627. The van der Waals surface area contributed by atoms with Gasteiger partial charge in [0.2, 0.25) is 0 Å². The zero-order valence-electron chi connectivity index (χ0n) is 12.7. The van der Waals surface area contributed by atoms with Crippen molar-refractivity contribution in [1.82, 2.24) is 4.67 Å². The number of nitrogens with zero attached hydrogens (tertiary/aromatic N) is 2. The molecule has 0 atom stereocenters. The molecule has 0 N–H and O–H groups in total. The van der Waals surface area contributed by atoms with E-state index in [0.29, 0.717) is 0 Å². The summed E-state index contributed by atoms with van der Waals surface area (Å²) in [5, 5.41) is 0. The second-order valence-electron chi connectivity index (χ2n) is 5.44. The Morgan fingerprint density at radius 2 is 1.04 bits per heavy atom. The van der Waals surface area contributed by atoms with Crippen molar-refractivity contribution in [1.29, 1.82) is 0 Å². The van der Waals surface area contributed by atoms with Crippen molar-refractivity contribution in [2.75, 3.05) is 4.90 Å². The molecule has 3 aromatic rings. The van der Waals surface area contributed by atoms with Crippen LogP contribution in [0.4, 0.5) is 14.5 Å². The normalized spacial score (nSPS) is 13.2. The molecule has 1 aliphatic rings. The fourth-order valence-electron chi connectivity index (χ4n) is 2.66. The summed E-state index contributed by atoms with van der Waals surface area (Å²) in [4.78, 5) is 1.99. The monoisotopic (exact) mass is 319 g/mol. The summed E-state index contributed by atoms with van der Waals surface area (Å²) in [7, 11) is 0. The van der Waals surface area contributed by atoms with E-state index in [4.69, 9.17) is 0 Å². The van der Waals surface area contributed by atoms with Crippen molar-refractivity contribution in [3.63, 3.8) is 0 Å². The van der Waals surface area contributed by atoms with Gasteiger partial charge >= 0.3 is 11.7 Å². The molecule has 0 saturated carbocycles. The topological polar surface area (TPSA) is 17.3 Å². The van der Waals surface area contributed by atoms with Gasteiger partial charge in [-0.25, -0.2) is 13.4 Å². The minimum Gasteiger partial charge on any atom is -0.229 e. The van der Waals surface area contributed by atoms with Crippen molar-refractivity contribution < 1.29 is 8.78 Å². The van der Waals surface area contributed by atoms with Crippen LogP contribution in [0.2, 0.25) is 0 Å². The van der Waals surface area contributed by atoms with Crippen molar-refractivity contribution in [3.8, 4) is 0 Å². The maximum atomic E-state index is 13.2. The summed E-state index contributed by atoms with van der Waals surface area (Å²) < 4.78 is 30.9. The van der Waals surface area contributed by atoms with Gasteiger partial charge in [0.25, 0.3) is 0 Å². The lowest BCUT2D eigenvalue weighted by Gasteiger charge is -2.23. The standard InChI is InChI=1S/C20H13F2N2/c21-16-10-6-14(7-11-16)19-23-20(15-8-12-17(22)13-9-15)24(19)18-4-2-1-3-5-18/h1-13H/q+1. The fourth-order valence-corrected chi connectivity index (χ4v) is 2.66. The number of halogens is 2. The summed E-state index contributed by atoms with van der Waals surface area (Å²) in [6.45, 7) is 0. The first kappa shape index (κ1) is 14.4. The Bertz CT molecular complexity index is 882. The van der Waals surface area contributed by atoms with E-state index < -0.39 is 0 Å². The molecule has 0 amide bonds. The van der Waals surface area contributed by atoms with Gasteiger partial charge < -0.3 is 0 Å². The highest BCUT2D eigenvalue weighted by molar-refractivity contribution is 6.35. The Balaban J connectivity index is 1.83. The van der Waals surface area contributed by atoms with Crippen molar-refractivity contribution in [3.05, 3.63) is 102 Å². The van der Waals surface area contributed by atoms with Crippen molar-refractivity contribution in [2.45, 2.75) is 0 Å². The second kappa shape index (κ2) is 5.76. The van der Waals surface area contributed by atoms with E-state index >= 15 is 0 Å². The fraction of sp³-hybridized carbons (Fsp3) is 0. The van der Waals surface area contributed by atoms with E-state index in [1.165, 1.54) is 24.3 Å². The third kappa shape index (κ3) is 2.49. The average Bonchev–Trinajstić information content (AvgIpc) is 2.58. The maximum Gasteiger partial charge on any atom is 0.332 e. The molecule has 3 aromatic carbocycles. The summed E-state index contributed by atoms with van der Waals surface area (Å²) in [5.41, 5.74) is 2.60. The number of anilines is 1. The highest BCUT2D eigenvalue weighted by Gasteiger charge is 2.38. The molecule has 0 bridgehead atoms. The maximum absolute atomic E-state index is 13.2. The molecule has 0 aromatic heterocycles. The van der Waals surface area contributed by atoms with Crippen LogP contribution in [0.3, 0.4) is 0 Å². The number of benzene rings is 3. The SMILES string of the molecule is Fc1ccc(C2=[N+]=C(c3ccc(F)cc3)N2c2ccccc2)cc1. The Kier molecular flexibility index (Phi) is 3.45. The molecule has 4 heteroatoms. The summed E-state index contributed by atoms with van der Waals surface area (Å²) in [6, 6.07) is 22.2. The first-order chi connectivity index (χ1) is 11.7. The van der Waals surface area contributed by atoms with E-state index in [9.17, 15) is 8.78 Å². The third-order valence-electron chi connectivity index (χ3n) is 3.85. The molecule has 0 spiro atoms. The van der Waals surface area contributed by atoms with Crippen LogP contribution in [0.5, 0.6) is 0 Å². The number of rotatable bonds is 3. The zero-order valence-corrected chi connectivity index (χ0v) is 12.7. The van der Waals surface area contributed by atoms with Gasteiger partial charge in [0, 0.05) is 0 Å². The second-order valence-corrected chi connectivity index (χ2v) is 5.44. The zero-order chi connectivity index (χ0) is 16.5. The van der Waals surface area contributed by atoms with Gasteiger partial charge in [-0.1, -0.05) is 18.2 Å². The number of hydrogen-bond donors (Lipinski definition) is 0. The molecule has 0 unspecified atom stereocenters. The molecule has 4 rings (SSSR count). The third-order valence-corrected chi connectivity index (χ3v) is 3.85. The first-order valence-corrected chi connectivity index (χ1v) is 7.55. The lowest BCUT2D eigenvalue weighted by atomic mass is 10.1. The van der Waals surface area contributed by atoms with Gasteiger partial charge in [0.15, 0.2) is 0 Å². The Morgan fingerprint density at radius 1 is 0.583 bits per heavy atom. The average molecular weight is 319 g/mol. The minimum atomic E-state index is -0.285. The number of hydrogen-bond acceptors (Lipinski definition) is 1. The van der Waals surface area contributed by atoms with Crippen LogP contribution in [0.1, 0.15) is 11.1 Å². The lowest BCUT2D eigenvalue weighted by Crippen LogP contribution is -2.49. The molecular weight excluding hydrogens is 306 g/mol. The van der Waals surface area contributed by atoms with Crippen LogP contribution in [-0.2, 0) is 0 Å². The molecule has 1 heterocycles. The van der Waals surface area contributed by atoms with Gasteiger partial charge in [-0.3, -0.25) is 0 Å². The van der Waals surface area contributed by atoms with Crippen LogP contribution < -0.4 is 9.57 Å². The predicted octanol–water partition coefficient (Wildman–Crippen LogP) is 3.75. The van der Waals surface area contributed by atoms with Gasteiger partial charge in [-0.2, -0.15) is 4.90 Å². The van der Waals surface area contributed by atoms with E-state index in [1.54, 1.807) is 24.3 Å². The first-order valence-electron chi connectivity index (χ1n) is 7.55. The van der Waals surface area contributed by atoms with E-state index in [1.807, 2.05) is 35.2 Å². The van der Waals surface area contributed by atoms with Gasteiger partial charge in [0.05, 0.1) is 11.1 Å². The summed E-state index contributed by atoms with van der Waals surface area (Å²) in [5.74, 6) is 0.904. The van der Waals surface area contributed by atoms with Crippen LogP contribution in [0, 0.1) is 11.6 Å². The molecule has 0 aliphatic carbocycles. The molecule has 0 radical (unpaired) electrons.